The van der Waals surface area contributed by atoms with Gasteiger partial charge in [0.05, 0.1) is 21.3 Å². The summed E-state index contributed by atoms with van der Waals surface area (Å²) in [7, 11) is 0. The topological polar surface area (TPSA) is 65.2 Å². The number of ether oxygens (including phenoxy) is 1. The molecule has 0 aliphatic carbocycles. The molecule has 0 saturated heterocycles. The average Bonchev–Trinajstić information content (AvgIpc) is 2.40. The molecule has 1 heterocycles. The van der Waals surface area contributed by atoms with Gasteiger partial charge in [-0.05, 0) is 31.2 Å². The molecule has 0 saturated carbocycles. The second kappa shape index (κ2) is 6.11. The summed E-state index contributed by atoms with van der Waals surface area (Å²) in [6.45, 7) is 1.92. The molecular weight excluding hydrogens is 299 g/mol. The number of pyridine rings is 1. The van der Waals surface area contributed by atoms with E-state index >= 15 is 0 Å². The molecule has 1 aromatic heterocycles. The van der Waals surface area contributed by atoms with E-state index in [0.29, 0.717) is 11.4 Å². The minimum Gasteiger partial charge on any atom is -0.456 e. The Hall–Kier alpha value is -1.78. The molecule has 0 unspecified atom stereocenters. The van der Waals surface area contributed by atoms with Crippen molar-refractivity contribution in [3.63, 3.8) is 0 Å². The molecule has 0 amide bonds. The third kappa shape index (κ3) is 3.40. The number of hydrogen-bond donors (Lipinski definition) is 1. The number of carbonyl (C=O) groups excluding carboxylic acids is 1. The lowest BCUT2D eigenvalue weighted by atomic mass is 10.2. The summed E-state index contributed by atoms with van der Waals surface area (Å²) < 4.78 is 5.16. The van der Waals surface area contributed by atoms with E-state index in [9.17, 15) is 4.79 Å². The molecule has 0 spiro atoms. The van der Waals surface area contributed by atoms with E-state index in [0.717, 1.165) is 5.69 Å². The van der Waals surface area contributed by atoms with Crippen LogP contribution in [-0.2, 0) is 11.3 Å². The van der Waals surface area contributed by atoms with Crippen LogP contribution in [0.5, 0.6) is 0 Å². The molecule has 0 aliphatic heterocycles. The van der Waals surface area contributed by atoms with Gasteiger partial charge in [-0.3, -0.25) is 4.98 Å². The Balaban J connectivity index is 2.13. The number of esters is 1. The number of halogens is 2. The van der Waals surface area contributed by atoms with Crippen LogP contribution < -0.4 is 5.73 Å². The second-order valence-electron chi connectivity index (χ2n) is 4.21. The van der Waals surface area contributed by atoms with Crippen LogP contribution in [0.2, 0.25) is 10.0 Å². The maximum Gasteiger partial charge on any atom is 0.340 e. The Bertz CT molecular complexity index is 660. The Morgan fingerprint density at radius 3 is 2.80 bits per heavy atom. The predicted octanol–water partition coefficient (Wildman–Crippen LogP) is 3.64. The van der Waals surface area contributed by atoms with Crippen molar-refractivity contribution in [2.75, 3.05) is 5.73 Å². The average molecular weight is 311 g/mol. The fraction of sp³-hybridized carbons (Fsp3) is 0.143. The standard InChI is InChI=1S/C14H12Cl2N2O2/c1-8-3-2-4-10(18-8)7-20-14(19)11-5-9(17)6-12(15)13(11)16/h2-6H,7,17H2,1H3. The molecule has 20 heavy (non-hydrogen) atoms. The van der Waals surface area contributed by atoms with Gasteiger partial charge in [-0.1, -0.05) is 29.3 Å². The summed E-state index contributed by atoms with van der Waals surface area (Å²) in [5.74, 6) is -0.590. The Morgan fingerprint density at radius 2 is 2.10 bits per heavy atom. The summed E-state index contributed by atoms with van der Waals surface area (Å²) in [6, 6.07) is 8.38. The van der Waals surface area contributed by atoms with Gasteiger partial charge in [0.2, 0.25) is 0 Å². The van der Waals surface area contributed by atoms with Crippen molar-refractivity contribution in [1.82, 2.24) is 4.98 Å². The van der Waals surface area contributed by atoms with Crippen molar-refractivity contribution in [1.29, 1.82) is 0 Å². The van der Waals surface area contributed by atoms with Gasteiger partial charge in [-0.15, -0.1) is 0 Å². The lowest BCUT2D eigenvalue weighted by Gasteiger charge is -2.08. The first kappa shape index (κ1) is 14.6. The number of aryl methyl sites for hydroxylation is 1. The van der Waals surface area contributed by atoms with E-state index in [4.69, 9.17) is 33.7 Å². The number of aromatic nitrogens is 1. The predicted molar refractivity (Wildman–Crippen MR) is 79.0 cm³/mol. The number of benzene rings is 1. The van der Waals surface area contributed by atoms with Crippen molar-refractivity contribution in [2.24, 2.45) is 0 Å². The number of anilines is 1. The van der Waals surface area contributed by atoms with Gasteiger partial charge >= 0.3 is 5.97 Å². The maximum atomic E-state index is 12.0. The van der Waals surface area contributed by atoms with E-state index in [2.05, 4.69) is 4.98 Å². The molecule has 2 rings (SSSR count). The second-order valence-corrected chi connectivity index (χ2v) is 5.00. The first-order chi connectivity index (χ1) is 9.47. The lowest BCUT2D eigenvalue weighted by molar-refractivity contribution is 0.0468. The van der Waals surface area contributed by atoms with Gasteiger partial charge in [0, 0.05) is 11.4 Å². The largest absolute Gasteiger partial charge is 0.456 e. The lowest BCUT2D eigenvalue weighted by Crippen LogP contribution is -2.08. The molecule has 2 aromatic rings. The highest BCUT2D eigenvalue weighted by Gasteiger charge is 2.16. The Labute approximate surface area is 126 Å². The zero-order valence-corrected chi connectivity index (χ0v) is 12.2. The number of rotatable bonds is 3. The van der Waals surface area contributed by atoms with Crippen molar-refractivity contribution in [2.45, 2.75) is 13.5 Å². The van der Waals surface area contributed by atoms with Crippen LogP contribution in [0.4, 0.5) is 5.69 Å². The van der Waals surface area contributed by atoms with Crippen LogP contribution in [0.1, 0.15) is 21.7 Å². The van der Waals surface area contributed by atoms with Gasteiger partial charge < -0.3 is 10.5 Å². The third-order valence-electron chi connectivity index (χ3n) is 2.57. The van der Waals surface area contributed by atoms with Crippen molar-refractivity contribution >= 4 is 34.9 Å². The van der Waals surface area contributed by atoms with Gasteiger partial charge in [0.15, 0.2) is 0 Å². The molecule has 1 aromatic carbocycles. The summed E-state index contributed by atoms with van der Waals surface area (Å²) >= 11 is 11.8. The van der Waals surface area contributed by atoms with Crippen LogP contribution in [0, 0.1) is 6.92 Å². The highest BCUT2D eigenvalue weighted by atomic mass is 35.5. The molecule has 0 radical (unpaired) electrons. The van der Waals surface area contributed by atoms with E-state index in [1.54, 1.807) is 6.07 Å². The molecular formula is C14H12Cl2N2O2. The normalized spacial score (nSPS) is 10.3. The van der Waals surface area contributed by atoms with Crippen molar-refractivity contribution < 1.29 is 9.53 Å². The highest BCUT2D eigenvalue weighted by Crippen LogP contribution is 2.29. The number of hydrogen-bond acceptors (Lipinski definition) is 4. The minimum atomic E-state index is -0.590. The van der Waals surface area contributed by atoms with Gasteiger partial charge in [0.25, 0.3) is 0 Å². The zero-order valence-electron chi connectivity index (χ0n) is 10.7. The molecule has 6 heteroatoms. The first-order valence-corrected chi connectivity index (χ1v) is 6.57. The summed E-state index contributed by atoms with van der Waals surface area (Å²) in [6.07, 6.45) is 0. The SMILES string of the molecule is Cc1cccc(COC(=O)c2cc(N)cc(Cl)c2Cl)n1. The van der Waals surface area contributed by atoms with Crippen molar-refractivity contribution in [3.8, 4) is 0 Å². The first-order valence-electron chi connectivity index (χ1n) is 5.81. The molecule has 4 nitrogen and oxygen atoms in total. The number of nitrogens with two attached hydrogens (primary N) is 1. The molecule has 104 valence electrons. The quantitative estimate of drug-likeness (QED) is 0.694. The van der Waals surface area contributed by atoms with Crippen LogP contribution in [0.15, 0.2) is 30.3 Å². The third-order valence-corrected chi connectivity index (χ3v) is 3.37. The monoisotopic (exact) mass is 310 g/mol. The Kier molecular flexibility index (Phi) is 4.47. The molecule has 0 fully saturated rings. The van der Waals surface area contributed by atoms with Crippen molar-refractivity contribution in [3.05, 3.63) is 57.3 Å². The Morgan fingerprint density at radius 1 is 1.35 bits per heavy atom. The van der Waals surface area contributed by atoms with Crippen LogP contribution in [-0.4, -0.2) is 11.0 Å². The molecule has 2 N–H and O–H groups in total. The molecule has 0 atom stereocenters. The molecule has 0 bridgehead atoms. The number of nitrogens with zero attached hydrogens (tertiary/aromatic N) is 1. The van der Waals surface area contributed by atoms with Gasteiger partial charge in [-0.2, -0.15) is 0 Å². The summed E-state index contributed by atoms with van der Waals surface area (Å²) in [4.78, 5) is 16.2. The number of nitrogen functional groups attached to an aromatic ring is 1. The van der Waals surface area contributed by atoms with E-state index in [1.807, 2.05) is 19.1 Å². The van der Waals surface area contributed by atoms with Crippen LogP contribution >= 0.6 is 23.2 Å². The summed E-state index contributed by atoms with van der Waals surface area (Å²) in [5, 5.41) is 0.343. The maximum absolute atomic E-state index is 12.0. The fourth-order valence-corrected chi connectivity index (χ4v) is 2.07. The summed E-state index contributed by atoms with van der Waals surface area (Å²) in [5.41, 5.74) is 7.63. The van der Waals surface area contributed by atoms with Crippen LogP contribution in [0.3, 0.4) is 0 Å². The van der Waals surface area contributed by atoms with Gasteiger partial charge in [-0.25, -0.2) is 4.79 Å². The van der Waals surface area contributed by atoms with E-state index in [1.165, 1.54) is 12.1 Å². The fourth-order valence-electron chi connectivity index (χ4n) is 1.66. The van der Waals surface area contributed by atoms with E-state index in [-0.39, 0.29) is 22.2 Å². The van der Waals surface area contributed by atoms with E-state index < -0.39 is 5.97 Å². The zero-order chi connectivity index (χ0) is 14.7. The van der Waals surface area contributed by atoms with Crippen LogP contribution in [0.25, 0.3) is 0 Å². The number of carbonyl (C=O) groups is 1. The highest BCUT2D eigenvalue weighted by molar-refractivity contribution is 6.44. The molecule has 0 aliphatic rings. The van der Waals surface area contributed by atoms with Gasteiger partial charge in [0.1, 0.15) is 6.61 Å². The minimum absolute atomic E-state index is 0.0588. The smallest absolute Gasteiger partial charge is 0.340 e.